The molecule has 0 spiro atoms. The van der Waals surface area contributed by atoms with Crippen molar-refractivity contribution in [2.45, 2.75) is 50.3 Å². The lowest BCUT2D eigenvalue weighted by Gasteiger charge is -2.44. The summed E-state index contributed by atoms with van der Waals surface area (Å²) in [4.78, 5) is 25.5. The molecule has 2 saturated heterocycles. The van der Waals surface area contributed by atoms with Gasteiger partial charge in [0, 0.05) is 0 Å². The second-order valence-corrected chi connectivity index (χ2v) is 9.70. The zero-order chi connectivity index (χ0) is 27.0. The normalized spacial score (nSPS) is 26.0. The van der Waals surface area contributed by atoms with E-state index in [2.05, 4.69) is 5.32 Å². The van der Waals surface area contributed by atoms with Crippen molar-refractivity contribution >= 4 is 11.9 Å². The van der Waals surface area contributed by atoms with Gasteiger partial charge in [0.2, 0.25) is 5.91 Å². The van der Waals surface area contributed by atoms with Gasteiger partial charge in [0.1, 0.15) is 24.4 Å². The quantitative estimate of drug-likeness (QED) is 0.299. The van der Waals surface area contributed by atoms with E-state index in [0.717, 1.165) is 16.7 Å². The van der Waals surface area contributed by atoms with Gasteiger partial charge in [-0.15, -0.1) is 0 Å². The van der Waals surface area contributed by atoms with Gasteiger partial charge in [0.05, 0.1) is 39.6 Å². The number of carbonyl (C=O) groups is 2. The molecule has 2 aliphatic heterocycles. The number of amides is 1. The molecule has 0 saturated carbocycles. The molecule has 2 heterocycles. The third-order valence-electron chi connectivity index (χ3n) is 7.07. The van der Waals surface area contributed by atoms with Crippen LogP contribution in [0.3, 0.4) is 0 Å². The summed E-state index contributed by atoms with van der Waals surface area (Å²) in [7, 11) is 1.27. The summed E-state index contributed by atoms with van der Waals surface area (Å²) >= 11 is 0. The van der Waals surface area contributed by atoms with Gasteiger partial charge in [0.25, 0.3) is 0 Å². The number of fused-ring (bicyclic) bond motifs is 1. The number of ether oxygens (including phenoxy) is 5. The largest absolute Gasteiger partial charge is 0.468 e. The van der Waals surface area contributed by atoms with Crippen molar-refractivity contribution in [1.29, 1.82) is 0 Å². The number of nitrogens with one attached hydrogen (secondary N) is 1. The minimum Gasteiger partial charge on any atom is -0.468 e. The first-order valence-electron chi connectivity index (χ1n) is 13.1. The fourth-order valence-corrected chi connectivity index (χ4v) is 5.12. The Balaban J connectivity index is 1.41. The van der Waals surface area contributed by atoms with E-state index in [9.17, 15) is 9.59 Å². The molecule has 2 aliphatic rings. The first kappa shape index (κ1) is 27.0. The minimum atomic E-state index is -1.10. The molecule has 3 aromatic carbocycles. The molecule has 0 radical (unpaired) electrons. The Morgan fingerprint density at radius 2 is 1.28 bits per heavy atom. The van der Waals surface area contributed by atoms with E-state index in [4.69, 9.17) is 23.7 Å². The van der Waals surface area contributed by atoms with Crippen LogP contribution < -0.4 is 5.32 Å². The number of esters is 1. The van der Waals surface area contributed by atoms with E-state index in [-0.39, 0.29) is 6.61 Å². The second-order valence-electron chi connectivity index (χ2n) is 9.70. The monoisotopic (exact) mass is 531 g/mol. The van der Waals surface area contributed by atoms with E-state index in [1.807, 2.05) is 91.0 Å². The van der Waals surface area contributed by atoms with Crippen molar-refractivity contribution in [3.05, 3.63) is 108 Å². The fraction of sp³-hybridized carbons (Fsp3) is 0.355. The highest BCUT2D eigenvalue weighted by atomic mass is 16.6. The molecule has 204 valence electrons. The van der Waals surface area contributed by atoms with Crippen LogP contribution in [0.1, 0.15) is 16.7 Å². The number of methoxy groups -OCH3 is 1. The zero-order valence-corrected chi connectivity index (χ0v) is 21.8. The molecule has 1 N–H and O–H groups in total. The topological polar surface area (TPSA) is 92.3 Å². The molecule has 0 aliphatic carbocycles. The van der Waals surface area contributed by atoms with E-state index in [0.29, 0.717) is 19.8 Å². The van der Waals surface area contributed by atoms with Gasteiger partial charge in [0.15, 0.2) is 5.92 Å². The molecule has 8 nitrogen and oxygen atoms in total. The average molecular weight is 532 g/mol. The van der Waals surface area contributed by atoms with E-state index >= 15 is 0 Å². The van der Waals surface area contributed by atoms with Crippen molar-refractivity contribution in [3.8, 4) is 0 Å². The van der Waals surface area contributed by atoms with Crippen LogP contribution in [-0.4, -0.2) is 56.1 Å². The van der Waals surface area contributed by atoms with Crippen LogP contribution in [0.25, 0.3) is 0 Å². The highest BCUT2D eigenvalue weighted by Crippen LogP contribution is 2.35. The van der Waals surface area contributed by atoms with Crippen LogP contribution in [-0.2, 0) is 53.1 Å². The SMILES string of the molecule is COC(=O)C1C(=O)N[C@@H]2[C@@H](OCc3ccccc3)[C@@H](OCc3ccccc3)[C@@H](COCc3ccccc3)O[C@@H]12. The van der Waals surface area contributed by atoms with Gasteiger partial charge >= 0.3 is 5.97 Å². The van der Waals surface area contributed by atoms with E-state index in [1.165, 1.54) is 7.11 Å². The van der Waals surface area contributed by atoms with Crippen molar-refractivity contribution < 1.29 is 33.3 Å². The summed E-state index contributed by atoms with van der Waals surface area (Å²) < 4.78 is 30.3. The Hall–Kier alpha value is -3.56. The summed E-state index contributed by atoms with van der Waals surface area (Å²) in [6.45, 7) is 1.19. The Labute approximate surface area is 228 Å². The molecule has 39 heavy (non-hydrogen) atoms. The lowest BCUT2D eigenvalue weighted by atomic mass is 9.89. The van der Waals surface area contributed by atoms with Crippen LogP contribution in [0.15, 0.2) is 91.0 Å². The molecule has 6 atom stereocenters. The number of benzene rings is 3. The molecular weight excluding hydrogens is 498 g/mol. The van der Waals surface area contributed by atoms with Crippen LogP contribution >= 0.6 is 0 Å². The molecule has 1 unspecified atom stereocenters. The zero-order valence-electron chi connectivity index (χ0n) is 21.8. The van der Waals surface area contributed by atoms with Crippen LogP contribution in [0.4, 0.5) is 0 Å². The number of rotatable bonds is 11. The van der Waals surface area contributed by atoms with Gasteiger partial charge in [-0.2, -0.15) is 0 Å². The summed E-state index contributed by atoms with van der Waals surface area (Å²) in [5.41, 5.74) is 3.00. The Morgan fingerprint density at radius 1 is 0.769 bits per heavy atom. The molecule has 1 amide bonds. The maximum absolute atomic E-state index is 12.9. The molecule has 3 aromatic rings. The first-order valence-corrected chi connectivity index (χ1v) is 13.1. The van der Waals surface area contributed by atoms with Gasteiger partial charge in [-0.05, 0) is 16.7 Å². The highest BCUT2D eigenvalue weighted by molar-refractivity contribution is 6.00. The molecular formula is C31H33NO7. The standard InChI is InChI=1S/C31H33NO7/c1-35-31(34)25-28-26(32-30(25)33)29(38-19-23-15-9-4-10-16-23)27(37-18-22-13-7-3-8-14-22)24(39-28)20-36-17-21-11-5-2-6-12-21/h2-16,24-29H,17-20H2,1H3,(H,32,33)/t24-,25?,26+,27+,28+,29-/m1/s1. The predicted molar refractivity (Wildman–Crippen MR) is 142 cm³/mol. The Morgan fingerprint density at radius 3 is 1.82 bits per heavy atom. The molecule has 8 heteroatoms. The lowest BCUT2D eigenvalue weighted by molar-refractivity contribution is -0.231. The predicted octanol–water partition coefficient (Wildman–Crippen LogP) is 3.43. The van der Waals surface area contributed by atoms with Crippen molar-refractivity contribution in [1.82, 2.24) is 5.32 Å². The van der Waals surface area contributed by atoms with Crippen LogP contribution in [0.5, 0.6) is 0 Å². The molecule has 5 rings (SSSR count). The third-order valence-corrected chi connectivity index (χ3v) is 7.07. The first-order chi connectivity index (χ1) is 19.1. The van der Waals surface area contributed by atoms with E-state index < -0.39 is 48.3 Å². The number of carbonyl (C=O) groups excluding carboxylic acids is 2. The summed E-state index contributed by atoms with van der Waals surface area (Å²) in [5, 5.41) is 2.93. The van der Waals surface area contributed by atoms with Gasteiger partial charge in [-0.1, -0.05) is 91.0 Å². The summed E-state index contributed by atoms with van der Waals surface area (Å²) in [6.07, 6.45) is -2.56. The molecule has 0 bridgehead atoms. The summed E-state index contributed by atoms with van der Waals surface area (Å²) in [6, 6.07) is 28.8. The lowest BCUT2D eigenvalue weighted by Crippen LogP contribution is -2.62. The number of hydrogen-bond acceptors (Lipinski definition) is 7. The van der Waals surface area contributed by atoms with Crippen molar-refractivity contribution in [2.75, 3.05) is 13.7 Å². The van der Waals surface area contributed by atoms with Crippen molar-refractivity contribution in [3.63, 3.8) is 0 Å². The van der Waals surface area contributed by atoms with Crippen molar-refractivity contribution in [2.24, 2.45) is 5.92 Å². The highest BCUT2D eigenvalue weighted by Gasteiger charge is 2.58. The van der Waals surface area contributed by atoms with Crippen LogP contribution in [0, 0.1) is 5.92 Å². The van der Waals surface area contributed by atoms with E-state index in [1.54, 1.807) is 0 Å². The molecule has 0 aromatic heterocycles. The number of hydrogen-bond donors (Lipinski definition) is 1. The maximum atomic E-state index is 12.9. The second kappa shape index (κ2) is 13.0. The smallest absolute Gasteiger partial charge is 0.321 e. The summed E-state index contributed by atoms with van der Waals surface area (Å²) in [5.74, 6) is -2.19. The van der Waals surface area contributed by atoms with Gasteiger partial charge in [-0.3, -0.25) is 9.59 Å². The third kappa shape index (κ3) is 6.54. The van der Waals surface area contributed by atoms with Crippen LogP contribution in [0.2, 0.25) is 0 Å². The maximum Gasteiger partial charge on any atom is 0.321 e. The average Bonchev–Trinajstić information content (AvgIpc) is 3.31. The Bertz CT molecular complexity index is 1210. The van der Waals surface area contributed by atoms with Gasteiger partial charge in [-0.25, -0.2) is 0 Å². The Kier molecular flexibility index (Phi) is 9.00. The minimum absolute atomic E-state index is 0.185. The molecule has 2 fully saturated rings. The van der Waals surface area contributed by atoms with Gasteiger partial charge < -0.3 is 29.0 Å². The fourth-order valence-electron chi connectivity index (χ4n) is 5.12.